The van der Waals surface area contributed by atoms with Crippen molar-refractivity contribution in [2.24, 2.45) is 0 Å². The fraction of sp³-hybridized carbons (Fsp3) is 0.393. The Bertz CT molecular complexity index is 1110. The quantitative estimate of drug-likeness (QED) is 0.364. The van der Waals surface area contributed by atoms with E-state index in [0.29, 0.717) is 23.7 Å². The molecule has 6 heteroatoms. The Kier molecular flexibility index (Phi) is 8.07. The Morgan fingerprint density at radius 1 is 1.03 bits per heavy atom. The van der Waals surface area contributed by atoms with Crippen molar-refractivity contribution >= 4 is 23.1 Å². The third kappa shape index (κ3) is 5.89. The SMILES string of the molecule is CCc1c(NCc2cccc(F)c2)cccc1-c1cc(NC2CCC(N(C)C)CC2)ncc1Cl. The molecule has 0 aliphatic heterocycles. The molecule has 3 aromatic rings. The molecule has 0 spiro atoms. The highest BCUT2D eigenvalue weighted by atomic mass is 35.5. The molecule has 1 fully saturated rings. The van der Waals surface area contributed by atoms with Crippen molar-refractivity contribution in [3.8, 4) is 11.1 Å². The number of rotatable bonds is 8. The van der Waals surface area contributed by atoms with Crippen LogP contribution in [0.4, 0.5) is 15.9 Å². The Morgan fingerprint density at radius 2 is 1.79 bits per heavy atom. The van der Waals surface area contributed by atoms with Crippen LogP contribution in [0.5, 0.6) is 0 Å². The molecule has 34 heavy (non-hydrogen) atoms. The van der Waals surface area contributed by atoms with Gasteiger partial charge in [0.25, 0.3) is 0 Å². The summed E-state index contributed by atoms with van der Waals surface area (Å²) in [5.74, 6) is 0.649. The second kappa shape index (κ2) is 11.2. The molecular weight excluding hydrogens is 447 g/mol. The number of pyridine rings is 1. The second-order valence-corrected chi connectivity index (χ2v) is 9.74. The van der Waals surface area contributed by atoms with Crippen LogP contribution in [0.25, 0.3) is 11.1 Å². The fourth-order valence-corrected chi connectivity index (χ4v) is 5.10. The van der Waals surface area contributed by atoms with E-state index in [2.05, 4.69) is 59.7 Å². The molecule has 2 N–H and O–H groups in total. The molecule has 0 unspecified atom stereocenters. The van der Waals surface area contributed by atoms with Crippen molar-refractivity contribution in [3.63, 3.8) is 0 Å². The maximum atomic E-state index is 13.6. The van der Waals surface area contributed by atoms with E-state index in [1.54, 1.807) is 18.3 Å². The van der Waals surface area contributed by atoms with Crippen LogP contribution in [0.15, 0.2) is 54.7 Å². The summed E-state index contributed by atoms with van der Waals surface area (Å²) in [4.78, 5) is 6.90. The molecular formula is C28H34ClFN4. The molecule has 0 atom stereocenters. The van der Waals surface area contributed by atoms with Crippen LogP contribution in [0.1, 0.15) is 43.7 Å². The number of anilines is 2. The third-order valence-corrected chi connectivity index (χ3v) is 7.13. The predicted molar refractivity (Wildman–Crippen MR) is 141 cm³/mol. The van der Waals surface area contributed by atoms with Gasteiger partial charge in [-0.3, -0.25) is 0 Å². The summed E-state index contributed by atoms with van der Waals surface area (Å²) < 4.78 is 13.6. The van der Waals surface area contributed by atoms with E-state index in [-0.39, 0.29) is 5.82 Å². The third-order valence-electron chi connectivity index (χ3n) is 6.83. The molecule has 4 nitrogen and oxygen atoms in total. The lowest BCUT2D eigenvalue weighted by Crippen LogP contribution is -2.36. The summed E-state index contributed by atoms with van der Waals surface area (Å²) >= 11 is 6.64. The number of nitrogens with zero attached hydrogens (tertiary/aromatic N) is 2. The van der Waals surface area contributed by atoms with Crippen LogP contribution in [-0.4, -0.2) is 36.1 Å². The van der Waals surface area contributed by atoms with E-state index in [1.165, 1.54) is 24.5 Å². The van der Waals surface area contributed by atoms with Gasteiger partial charge in [-0.15, -0.1) is 0 Å². The van der Waals surface area contributed by atoms with Crippen LogP contribution >= 0.6 is 11.6 Å². The molecule has 1 saturated carbocycles. The van der Waals surface area contributed by atoms with Crippen molar-refractivity contribution in [1.29, 1.82) is 0 Å². The summed E-state index contributed by atoms with van der Waals surface area (Å²) in [5, 5.41) is 7.77. The maximum absolute atomic E-state index is 13.6. The highest BCUT2D eigenvalue weighted by Crippen LogP contribution is 2.36. The first-order chi connectivity index (χ1) is 16.4. The standard InChI is InChI=1S/C28H34ClFN4/c1-4-23-24(9-6-10-27(23)31-17-19-7-5-8-20(30)15-19)25-16-28(32-18-26(25)29)33-21-11-13-22(14-12-21)34(2)3/h5-10,15-16,18,21-22,31H,4,11-14,17H2,1-3H3,(H,32,33). The number of hydrogen-bond donors (Lipinski definition) is 2. The number of nitrogens with one attached hydrogen (secondary N) is 2. The molecule has 1 aliphatic rings. The van der Waals surface area contributed by atoms with E-state index in [1.807, 2.05) is 12.1 Å². The summed E-state index contributed by atoms with van der Waals surface area (Å²) in [5.41, 5.74) is 5.20. The minimum atomic E-state index is -0.220. The first-order valence-electron chi connectivity index (χ1n) is 12.1. The van der Waals surface area contributed by atoms with Crippen LogP contribution < -0.4 is 10.6 Å². The molecule has 2 aromatic carbocycles. The normalized spacial score (nSPS) is 18.2. The lowest BCUT2D eigenvalue weighted by molar-refractivity contribution is 0.221. The first-order valence-corrected chi connectivity index (χ1v) is 12.5. The lowest BCUT2D eigenvalue weighted by atomic mass is 9.90. The minimum absolute atomic E-state index is 0.220. The molecule has 4 rings (SSSR count). The van der Waals surface area contributed by atoms with Gasteiger partial charge in [-0.05, 0) is 87.2 Å². The van der Waals surface area contributed by atoms with Gasteiger partial charge in [0.15, 0.2) is 0 Å². The van der Waals surface area contributed by atoms with Crippen LogP contribution in [0.3, 0.4) is 0 Å². The number of aromatic nitrogens is 1. The van der Waals surface area contributed by atoms with Crippen LogP contribution in [0, 0.1) is 5.82 Å². The van der Waals surface area contributed by atoms with Crippen molar-refractivity contribution in [2.45, 2.75) is 57.7 Å². The summed E-state index contributed by atoms with van der Waals surface area (Å²) in [6.45, 7) is 2.70. The monoisotopic (exact) mass is 480 g/mol. The molecule has 1 aromatic heterocycles. The van der Waals surface area contributed by atoms with Gasteiger partial charge in [0.05, 0.1) is 5.02 Å². The first kappa shape index (κ1) is 24.5. The number of benzene rings is 2. The highest BCUT2D eigenvalue weighted by molar-refractivity contribution is 6.33. The van der Waals surface area contributed by atoms with Gasteiger partial charge in [-0.2, -0.15) is 0 Å². The van der Waals surface area contributed by atoms with E-state index >= 15 is 0 Å². The largest absolute Gasteiger partial charge is 0.381 e. The van der Waals surface area contributed by atoms with Gasteiger partial charge in [-0.1, -0.05) is 42.8 Å². The zero-order chi connectivity index (χ0) is 24.1. The fourth-order valence-electron chi connectivity index (χ4n) is 4.90. The van der Waals surface area contributed by atoms with Gasteiger partial charge in [0.2, 0.25) is 0 Å². The van der Waals surface area contributed by atoms with Gasteiger partial charge < -0.3 is 15.5 Å². The summed E-state index contributed by atoms with van der Waals surface area (Å²) in [6, 6.07) is 16.1. The maximum Gasteiger partial charge on any atom is 0.126 e. The second-order valence-electron chi connectivity index (χ2n) is 9.33. The van der Waals surface area contributed by atoms with Crippen LogP contribution in [-0.2, 0) is 13.0 Å². The van der Waals surface area contributed by atoms with Crippen molar-refractivity contribution in [3.05, 3.63) is 76.7 Å². The number of halogens is 2. The van der Waals surface area contributed by atoms with E-state index in [9.17, 15) is 4.39 Å². The van der Waals surface area contributed by atoms with Gasteiger partial charge >= 0.3 is 0 Å². The Morgan fingerprint density at radius 3 is 2.50 bits per heavy atom. The van der Waals surface area contributed by atoms with Gasteiger partial charge in [-0.25, -0.2) is 9.37 Å². The topological polar surface area (TPSA) is 40.2 Å². The van der Waals surface area contributed by atoms with Gasteiger partial charge in [0.1, 0.15) is 11.6 Å². The van der Waals surface area contributed by atoms with Crippen molar-refractivity contribution < 1.29 is 4.39 Å². The smallest absolute Gasteiger partial charge is 0.126 e. The van der Waals surface area contributed by atoms with Crippen molar-refractivity contribution in [1.82, 2.24) is 9.88 Å². The van der Waals surface area contributed by atoms with Crippen LogP contribution in [0.2, 0.25) is 5.02 Å². The van der Waals surface area contributed by atoms with E-state index < -0.39 is 0 Å². The average molecular weight is 481 g/mol. The molecule has 0 radical (unpaired) electrons. The molecule has 180 valence electrons. The zero-order valence-corrected chi connectivity index (χ0v) is 21.0. The minimum Gasteiger partial charge on any atom is -0.381 e. The molecule has 1 heterocycles. The predicted octanol–water partition coefficient (Wildman–Crippen LogP) is 7.00. The lowest BCUT2D eigenvalue weighted by Gasteiger charge is -2.33. The summed E-state index contributed by atoms with van der Waals surface area (Å²) in [7, 11) is 4.33. The Labute approximate surface area is 207 Å². The zero-order valence-electron chi connectivity index (χ0n) is 20.2. The average Bonchev–Trinajstić information content (AvgIpc) is 2.84. The van der Waals surface area contributed by atoms with E-state index in [4.69, 9.17) is 11.6 Å². The molecule has 0 amide bonds. The Balaban J connectivity index is 1.53. The van der Waals surface area contributed by atoms with Crippen molar-refractivity contribution in [2.75, 3.05) is 24.7 Å². The van der Waals surface area contributed by atoms with Gasteiger partial charge in [0, 0.05) is 36.1 Å². The molecule has 0 bridgehead atoms. The highest BCUT2D eigenvalue weighted by Gasteiger charge is 2.23. The molecule has 0 saturated heterocycles. The number of hydrogen-bond acceptors (Lipinski definition) is 4. The van der Waals surface area contributed by atoms with E-state index in [0.717, 1.165) is 47.5 Å². The molecule has 1 aliphatic carbocycles. The summed E-state index contributed by atoms with van der Waals surface area (Å²) in [6.07, 6.45) is 7.27. The Hall–Kier alpha value is -2.63.